The molecule has 34 heavy (non-hydrogen) atoms. The van der Waals surface area contributed by atoms with Crippen LogP contribution in [0.25, 0.3) is 5.69 Å². The first-order valence-electron chi connectivity index (χ1n) is 10.8. The highest BCUT2D eigenvalue weighted by Crippen LogP contribution is 2.30. The summed E-state index contributed by atoms with van der Waals surface area (Å²) in [5.74, 6) is -0.107. The summed E-state index contributed by atoms with van der Waals surface area (Å²) in [6.07, 6.45) is -4.69. The fourth-order valence-corrected chi connectivity index (χ4v) is 3.41. The number of hydrogen-bond donors (Lipinski definition) is 3. The van der Waals surface area contributed by atoms with Crippen molar-refractivity contribution in [2.75, 3.05) is 27.2 Å². The van der Waals surface area contributed by atoms with E-state index in [2.05, 4.69) is 21.0 Å². The molecule has 0 saturated heterocycles. The lowest BCUT2D eigenvalue weighted by atomic mass is 10.1. The van der Waals surface area contributed by atoms with E-state index >= 15 is 0 Å². The van der Waals surface area contributed by atoms with Gasteiger partial charge < -0.3 is 20.7 Å². The second-order valence-electron chi connectivity index (χ2n) is 7.71. The number of rotatable bonds is 10. The lowest BCUT2D eigenvalue weighted by Gasteiger charge is -2.13. The Hall–Kier alpha value is -3.37. The number of alkyl halides is 3. The van der Waals surface area contributed by atoms with Crippen LogP contribution in [0.4, 0.5) is 13.2 Å². The largest absolute Gasteiger partial charge is 0.496 e. The summed E-state index contributed by atoms with van der Waals surface area (Å²) >= 11 is 0. The zero-order valence-corrected chi connectivity index (χ0v) is 19.3. The third-order valence-electron chi connectivity index (χ3n) is 5.31. The molecule has 1 aromatic heterocycles. The molecular formula is C24H28F3N5O2. The number of hydrogen-bond acceptors (Lipinski definition) is 5. The summed E-state index contributed by atoms with van der Waals surface area (Å²) in [4.78, 5) is 12.9. The lowest BCUT2D eigenvalue weighted by molar-refractivity contribution is -0.141. The maximum Gasteiger partial charge on any atom is 0.435 e. The Kier molecular flexibility index (Phi) is 8.30. The molecule has 7 nitrogen and oxygen atoms in total. The second-order valence-corrected chi connectivity index (χ2v) is 7.71. The highest BCUT2D eigenvalue weighted by atomic mass is 19.4. The van der Waals surface area contributed by atoms with Crippen LogP contribution in [0.2, 0.25) is 0 Å². The molecule has 0 aliphatic rings. The van der Waals surface area contributed by atoms with Crippen LogP contribution in [0.3, 0.4) is 0 Å². The molecule has 2 aromatic carbocycles. The number of benzene rings is 2. The molecule has 1 heterocycles. The van der Waals surface area contributed by atoms with Crippen LogP contribution in [0.15, 0.2) is 48.5 Å². The van der Waals surface area contributed by atoms with Gasteiger partial charge >= 0.3 is 6.18 Å². The Morgan fingerprint density at radius 3 is 2.53 bits per heavy atom. The maximum atomic E-state index is 13.5. The van der Waals surface area contributed by atoms with Crippen LogP contribution >= 0.6 is 0 Å². The zero-order valence-electron chi connectivity index (χ0n) is 19.3. The summed E-state index contributed by atoms with van der Waals surface area (Å²) in [5.41, 5.74) is 1.60. The van der Waals surface area contributed by atoms with Crippen molar-refractivity contribution < 1.29 is 22.7 Å². The van der Waals surface area contributed by atoms with Crippen LogP contribution in [-0.4, -0.2) is 42.9 Å². The third kappa shape index (κ3) is 6.15. The topological polar surface area (TPSA) is 80.2 Å². The first kappa shape index (κ1) is 25.3. The average molecular weight is 476 g/mol. The van der Waals surface area contributed by atoms with Crippen LogP contribution in [0.5, 0.6) is 5.75 Å². The van der Waals surface area contributed by atoms with E-state index < -0.39 is 17.8 Å². The van der Waals surface area contributed by atoms with E-state index in [-0.39, 0.29) is 12.2 Å². The van der Waals surface area contributed by atoms with Gasteiger partial charge in [-0.2, -0.15) is 18.3 Å². The number of amides is 1. The standard InChI is InChI=1S/C24H28F3N5O2/c1-16-8-9-19(12-18(16)14-29-11-10-28-2)32-20(13-22(31-32)24(25,26)27)23(33)30-15-17-6-4-5-7-21(17)34-3/h4-9,12-13,28-29H,10-11,14-15H2,1-3H3,(H,30,33). The third-order valence-corrected chi connectivity index (χ3v) is 5.31. The normalized spacial score (nSPS) is 11.5. The van der Waals surface area contributed by atoms with Crippen molar-refractivity contribution in [1.29, 1.82) is 0 Å². The van der Waals surface area contributed by atoms with Crippen molar-refractivity contribution >= 4 is 5.91 Å². The number of nitrogens with zero attached hydrogens (tertiary/aromatic N) is 2. The minimum absolute atomic E-state index is 0.0872. The number of nitrogens with one attached hydrogen (secondary N) is 3. The quantitative estimate of drug-likeness (QED) is 0.392. The van der Waals surface area contributed by atoms with E-state index in [1.54, 1.807) is 42.5 Å². The average Bonchev–Trinajstić information content (AvgIpc) is 3.28. The van der Waals surface area contributed by atoms with Crippen LogP contribution in [0.1, 0.15) is 32.9 Å². The van der Waals surface area contributed by atoms with Crippen molar-refractivity contribution in [2.24, 2.45) is 0 Å². The monoisotopic (exact) mass is 475 g/mol. The SMILES string of the molecule is CNCCNCc1cc(-n2nc(C(F)(F)F)cc2C(=O)NCc2ccccc2OC)ccc1C. The van der Waals surface area contributed by atoms with Gasteiger partial charge in [-0.25, -0.2) is 4.68 Å². The number of ether oxygens (including phenoxy) is 1. The van der Waals surface area contributed by atoms with Crippen LogP contribution in [0, 0.1) is 6.92 Å². The molecule has 10 heteroatoms. The molecule has 1 amide bonds. The fraction of sp³-hybridized carbons (Fsp3) is 0.333. The molecule has 0 bridgehead atoms. The van der Waals surface area contributed by atoms with Gasteiger partial charge in [-0.1, -0.05) is 24.3 Å². The Bertz CT molecular complexity index is 1130. The number of likely N-dealkylation sites (N-methyl/N-ethyl adjacent to an activating group) is 1. The molecule has 182 valence electrons. The maximum absolute atomic E-state index is 13.5. The van der Waals surface area contributed by atoms with Crippen LogP contribution < -0.4 is 20.7 Å². The van der Waals surface area contributed by atoms with Gasteiger partial charge in [0.1, 0.15) is 11.4 Å². The van der Waals surface area contributed by atoms with Crippen molar-refractivity contribution in [3.8, 4) is 11.4 Å². The number of methoxy groups -OCH3 is 1. The van der Waals surface area contributed by atoms with E-state index in [1.165, 1.54) is 7.11 Å². The molecule has 0 radical (unpaired) electrons. The Labute approximate surface area is 196 Å². The van der Waals surface area contributed by atoms with E-state index in [0.717, 1.165) is 35.0 Å². The Balaban J connectivity index is 1.90. The molecule has 0 aliphatic heterocycles. The highest BCUT2D eigenvalue weighted by molar-refractivity contribution is 5.93. The van der Waals surface area contributed by atoms with Crippen molar-refractivity contribution in [3.05, 3.63) is 76.6 Å². The minimum atomic E-state index is -4.69. The van der Waals surface area contributed by atoms with Crippen molar-refractivity contribution in [3.63, 3.8) is 0 Å². The summed E-state index contributed by atoms with van der Waals surface area (Å²) in [6.45, 7) is 4.05. The van der Waals surface area contributed by atoms with E-state index in [1.807, 2.05) is 14.0 Å². The minimum Gasteiger partial charge on any atom is -0.496 e. The summed E-state index contributed by atoms with van der Waals surface area (Å²) in [6, 6.07) is 13.0. The highest BCUT2D eigenvalue weighted by Gasteiger charge is 2.36. The molecule has 3 rings (SSSR count). The van der Waals surface area contributed by atoms with Crippen molar-refractivity contribution in [1.82, 2.24) is 25.7 Å². The number of carbonyl (C=O) groups excluding carboxylic acids is 1. The molecular weight excluding hydrogens is 447 g/mol. The second kappa shape index (κ2) is 11.2. The van der Waals surface area contributed by atoms with E-state index in [0.29, 0.717) is 23.5 Å². The lowest BCUT2D eigenvalue weighted by Crippen LogP contribution is -2.26. The molecule has 0 aliphatic carbocycles. The Morgan fingerprint density at radius 1 is 1.06 bits per heavy atom. The number of para-hydroxylation sites is 1. The molecule has 0 atom stereocenters. The number of aromatic nitrogens is 2. The van der Waals surface area contributed by atoms with Gasteiger partial charge in [0.15, 0.2) is 5.69 Å². The molecule has 0 unspecified atom stereocenters. The summed E-state index contributed by atoms with van der Waals surface area (Å²) in [7, 11) is 3.36. The molecule has 3 aromatic rings. The fourth-order valence-electron chi connectivity index (χ4n) is 3.41. The summed E-state index contributed by atoms with van der Waals surface area (Å²) in [5, 5.41) is 12.7. The number of aryl methyl sites for hydroxylation is 1. The predicted octanol–water partition coefficient (Wildman–Crippen LogP) is 3.45. The van der Waals surface area contributed by atoms with Gasteiger partial charge in [-0.05, 0) is 43.3 Å². The zero-order chi connectivity index (χ0) is 24.7. The first-order chi connectivity index (χ1) is 16.2. The number of carbonyl (C=O) groups is 1. The van der Waals surface area contributed by atoms with E-state index in [4.69, 9.17) is 4.74 Å². The Morgan fingerprint density at radius 2 is 1.82 bits per heavy atom. The van der Waals surface area contributed by atoms with Gasteiger partial charge in [0, 0.05) is 37.8 Å². The first-order valence-corrected chi connectivity index (χ1v) is 10.8. The van der Waals surface area contributed by atoms with Gasteiger partial charge in [0.25, 0.3) is 5.91 Å². The van der Waals surface area contributed by atoms with Gasteiger partial charge in [-0.15, -0.1) is 0 Å². The van der Waals surface area contributed by atoms with Crippen molar-refractivity contribution in [2.45, 2.75) is 26.2 Å². The molecule has 0 fully saturated rings. The van der Waals surface area contributed by atoms with Crippen LogP contribution in [-0.2, 0) is 19.3 Å². The molecule has 3 N–H and O–H groups in total. The van der Waals surface area contributed by atoms with Gasteiger partial charge in [-0.3, -0.25) is 4.79 Å². The van der Waals surface area contributed by atoms with Gasteiger partial charge in [0.2, 0.25) is 0 Å². The summed E-state index contributed by atoms with van der Waals surface area (Å²) < 4.78 is 46.7. The van der Waals surface area contributed by atoms with Gasteiger partial charge in [0.05, 0.1) is 12.8 Å². The molecule has 0 spiro atoms. The smallest absolute Gasteiger partial charge is 0.435 e. The molecule has 0 saturated carbocycles. The predicted molar refractivity (Wildman–Crippen MR) is 123 cm³/mol. The van der Waals surface area contributed by atoms with E-state index in [9.17, 15) is 18.0 Å². The number of halogens is 3.